The first-order valence-corrected chi connectivity index (χ1v) is 4.28. The summed E-state index contributed by atoms with van der Waals surface area (Å²) in [7, 11) is 0. The smallest absolute Gasteiger partial charge is 0.160 e. The van der Waals surface area contributed by atoms with Gasteiger partial charge in [0.25, 0.3) is 0 Å². The van der Waals surface area contributed by atoms with Crippen LogP contribution in [0.25, 0.3) is 0 Å². The maximum absolute atomic E-state index is 9.11. The van der Waals surface area contributed by atoms with E-state index in [1.807, 2.05) is 6.92 Å². The van der Waals surface area contributed by atoms with Crippen molar-refractivity contribution in [3.8, 4) is 0 Å². The van der Waals surface area contributed by atoms with Crippen LogP contribution in [0.2, 0.25) is 0 Å². The molecule has 2 atom stereocenters. The van der Waals surface area contributed by atoms with Crippen molar-refractivity contribution in [2.75, 3.05) is 6.61 Å². The highest BCUT2D eigenvalue weighted by atomic mass is 16.7. The molecule has 3 nitrogen and oxygen atoms in total. The van der Waals surface area contributed by atoms with E-state index < -0.39 is 6.29 Å². The van der Waals surface area contributed by atoms with Crippen LogP contribution < -0.4 is 0 Å². The zero-order chi connectivity index (χ0) is 8.10. The summed E-state index contributed by atoms with van der Waals surface area (Å²) in [6.07, 6.45) is 2.97. The number of aliphatic hydroxyl groups is 1. The molecule has 1 rings (SSSR count). The minimum atomic E-state index is -0.655. The van der Waals surface area contributed by atoms with Crippen LogP contribution in [0.5, 0.6) is 0 Å². The SMILES string of the molecule is CC[C@@H](O)OC1CCCCO1. The summed E-state index contributed by atoms with van der Waals surface area (Å²) < 4.78 is 10.4. The highest BCUT2D eigenvalue weighted by molar-refractivity contribution is 4.54. The molecule has 1 aliphatic rings. The van der Waals surface area contributed by atoms with E-state index in [2.05, 4.69) is 0 Å². The lowest BCUT2D eigenvalue weighted by atomic mass is 10.2. The average molecular weight is 160 g/mol. The van der Waals surface area contributed by atoms with Crippen molar-refractivity contribution >= 4 is 0 Å². The quantitative estimate of drug-likeness (QED) is 0.632. The minimum Gasteiger partial charge on any atom is -0.368 e. The van der Waals surface area contributed by atoms with Gasteiger partial charge in [0, 0.05) is 6.61 Å². The van der Waals surface area contributed by atoms with Gasteiger partial charge >= 0.3 is 0 Å². The Labute approximate surface area is 67.3 Å². The maximum Gasteiger partial charge on any atom is 0.160 e. The monoisotopic (exact) mass is 160 g/mol. The normalized spacial score (nSPS) is 28.4. The van der Waals surface area contributed by atoms with Gasteiger partial charge in [0.05, 0.1) is 0 Å². The molecule has 0 aromatic rings. The molecule has 1 N–H and O–H groups in total. The largest absolute Gasteiger partial charge is 0.368 e. The summed E-state index contributed by atoms with van der Waals surface area (Å²) in [6.45, 7) is 2.65. The van der Waals surface area contributed by atoms with Gasteiger partial charge in [0.15, 0.2) is 12.6 Å². The lowest BCUT2D eigenvalue weighted by Crippen LogP contribution is -2.27. The molecule has 0 aliphatic carbocycles. The fraction of sp³-hybridized carbons (Fsp3) is 1.00. The van der Waals surface area contributed by atoms with Crippen LogP contribution in [0.15, 0.2) is 0 Å². The third-order valence-corrected chi connectivity index (χ3v) is 1.80. The van der Waals surface area contributed by atoms with E-state index >= 15 is 0 Å². The predicted molar refractivity (Wildman–Crippen MR) is 41.0 cm³/mol. The topological polar surface area (TPSA) is 38.7 Å². The van der Waals surface area contributed by atoms with E-state index in [1.54, 1.807) is 0 Å². The summed E-state index contributed by atoms with van der Waals surface area (Å²) in [5.41, 5.74) is 0. The van der Waals surface area contributed by atoms with Crippen molar-refractivity contribution in [3.05, 3.63) is 0 Å². The molecule has 1 fully saturated rings. The second-order valence-electron chi connectivity index (χ2n) is 2.80. The zero-order valence-corrected chi connectivity index (χ0v) is 6.95. The van der Waals surface area contributed by atoms with Crippen LogP contribution >= 0.6 is 0 Å². The van der Waals surface area contributed by atoms with Gasteiger partial charge in [-0.2, -0.15) is 0 Å². The molecular formula is C8H16O3. The number of hydrogen-bond donors (Lipinski definition) is 1. The molecule has 11 heavy (non-hydrogen) atoms. The molecule has 3 heteroatoms. The van der Waals surface area contributed by atoms with Gasteiger partial charge in [-0.1, -0.05) is 6.92 Å². The Kier molecular flexibility index (Phi) is 3.83. The van der Waals surface area contributed by atoms with Crippen LogP contribution in [-0.4, -0.2) is 24.3 Å². The maximum atomic E-state index is 9.11. The van der Waals surface area contributed by atoms with E-state index in [9.17, 15) is 0 Å². The average Bonchev–Trinajstić information content (AvgIpc) is 2.06. The summed E-state index contributed by atoms with van der Waals surface area (Å²) in [4.78, 5) is 0. The summed E-state index contributed by atoms with van der Waals surface area (Å²) in [6, 6.07) is 0. The first kappa shape index (κ1) is 8.97. The number of hydrogen-bond acceptors (Lipinski definition) is 3. The van der Waals surface area contributed by atoms with Gasteiger partial charge in [0.2, 0.25) is 0 Å². The van der Waals surface area contributed by atoms with Crippen molar-refractivity contribution in [3.63, 3.8) is 0 Å². The van der Waals surface area contributed by atoms with E-state index in [-0.39, 0.29) is 6.29 Å². The molecule has 0 aromatic carbocycles. The van der Waals surface area contributed by atoms with E-state index in [1.165, 1.54) is 0 Å². The number of ether oxygens (including phenoxy) is 2. The second kappa shape index (κ2) is 4.70. The van der Waals surface area contributed by atoms with Gasteiger partial charge < -0.3 is 14.6 Å². The van der Waals surface area contributed by atoms with E-state index in [4.69, 9.17) is 14.6 Å². The lowest BCUT2D eigenvalue weighted by molar-refractivity contribution is -0.240. The Morgan fingerprint density at radius 3 is 3.00 bits per heavy atom. The van der Waals surface area contributed by atoms with E-state index in [0.29, 0.717) is 6.42 Å². The summed E-state index contributed by atoms with van der Waals surface area (Å²) in [5.74, 6) is 0. The summed E-state index contributed by atoms with van der Waals surface area (Å²) in [5, 5.41) is 9.11. The molecule has 0 spiro atoms. The first-order chi connectivity index (χ1) is 5.33. The standard InChI is InChI=1S/C8H16O3/c1-2-7(9)11-8-5-3-4-6-10-8/h7-9H,2-6H2,1H3/t7-,8?/m0/s1. The van der Waals surface area contributed by atoms with E-state index in [0.717, 1.165) is 25.9 Å². The Morgan fingerprint density at radius 2 is 2.45 bits per heavy atom. The van der Waals surface area contributed by atoms with Crippen molar-refractivity contribution in [1.29, 1.82) is 0 Å². The third-order valence-electron chi connectivity index (χ3n) is 1.80. The van der Waals surface area contributed by atoms with Crippen LogP contribution in [0.4, 0.5) is 0 Å². The van der Waals surface area contributed by atoms with Crippen molar-refractivity contribution < 1.29 is 14.6 Å². The van der Waals surface area contributed by atoms with Crippen molar-refractivity contribution in [2.45, 2.75) is 45.2 Å². The van der Waals surface area contributed by atoms with Gasteiger partial charge in [-0.25, -0.2) is 0 Å². The summed E-state index contributed by atoms with van der Waals surface area (Å²) >= 11 is 0. The van der Waals surface area contributed by atoms with Gasteiger partial charge in [0.1, 0.15) is 0 Å². The number of aliphatic hydroxyl groups excluding tert-OH is 1. The lowest BCUT2D eigenvalue weighted by Gasteiger charge is -2.24. The molecule has 0 radical (unpaired) electrons. The number of rotatable bonds is 3. The Bertz CT molecular complexity index is 99.5. The predicted octanol–water partition coefficient (Wildman–Crippen LogP) is 1.26. The Balaban J connectivity index is 2.13. The van der Waals surface area contributed by atoms with Gasteiger partial charge in [-0.15, -0.1) is 0 Å². The Morgan fingerprint density at radius 1 is 1.64 bits per heavy atom. The molecule has 0 bridgehead atoms. The second-order valence-corrected chi connectivity index (χ2v) is 2.80. The molecule has 0 amide bonds. The highest BCUT2D eigenvalue weighted by Crippen LogP contribution is 2.15. The van der Waals surface area contributed by atoms with Crippen LogP contribution in [0.3, 0.4) is 0 Å². The molecule has 1 heterocycles. The molecule has 1 unspecified atom stereocenters. The highest BCUT2D eigenvalue weighted by Gasteiger charge is 2.16. The fourth-order valence-corrected chi connectivity index (χ4v) is 1.09. The molecule has 1 saturated heterocycles. The van der Waals surface area contributed by atoms with Crippen LogP contribution in [-0.2, 0) is 9.47 Å². The molecule has 1 aliphatic heterocycles. The molecule has 0 aromatic heterocycles. The molecular weight excluding hydrogens is 144 g/mol. The van der Waals surface area contributed by atoms with Crippen molar-refractivity contribution in [1.82, 2.24) is 0 Å². The Hall–Kier alpha value is -0.120. The third kappa shape index (κ3) is 3.18. The van der Waals surface area contributed by atoms with Crippen LogP contribution in [0, 0.1) is 0 Å². The van der Waals surface area contributed by atoms with Crippen LogP contribution in [0.1, 0.15) is 32.6 Å². The molecule has 0 saturated carbocycles. The zero-order valence-electron chi connectivity index (χ0n) is 6.95. The fourth-order valence-electron chi connectivity index (χ4n) is 1.09. The first-order valence-electron chi connectivity index (χ1n) is 4.28. The van der Waals surface area contributed by atoms with Gasteiger partial charge in [-0.3, -0.25) is 0 Å². The van der Waals surface area contributed by atoms with Gasteiger partial charge in [-0.05, 0) is 25.7 Å². The molecule has 66 valence electrons. The van der Waals surface area contributed by atoms with Crippen molar-refractivity contribution in [2.24, 2.45) is 0 Å². The minimum absolute atomic E-state index is 0.168.